The molecule has 0 radical (unpaired) electrons. The molecule has 1 heterocycles. The van der Waals surface area contributed by atoms with Crippen LogP contribution in [0, 0.1) is 5.92 Å². The Morgan fingerprint density at radius 2 is 1.83 bits per heavy atom. The van der Waals surface area contributed by atoms with Crippen molar-refractivity contribution in [2.75, 3.05) is 25.7 Å². The minimum atomic E-state index is -1.04. The van der Waals surface area contributed by atoms with Gasteiger partial charge in [0, 0.05) is 29.6 Å². The lowest BCUT2D eigenvalue weighted by Gasteiger charge is -2.20. The molecule has 0 saturated carbocycles. The van der Waals surface area contributed by atoms with Crippen LogP contribution in [0.1, 0.15) is 36.7 Å². The smallest absolute Gasteiger partial charge is 0.326 e. The number of aromatic nitrogens is 1. The van der Waals surface area contributed by atoms with Gasteiger partial charge in [-0.05, 0) is 48.7 Å². The number of carboxylic acid groups (broad SMARTS) is 1. The van der Waals surface area contributed by atoms with Crippen molar-refractivity contribution in [2.45, 2.75) is 33.4 Å². The van der Waals surface area contributed by atoms with Crippen LogP contribution in [-0.4, -0.2) is 48.8 Å². The molecule has 1 aromatic heterocycles. The molecule has 8 nitrogen and oxygen atoms in total. The van der Waals surface area contributed by atoms with Gasteiger partial charge in [-0.3, -0.25) is 4.79 Å². The quantitative estimate of drug-likeness (QED) is 0.396. The van der Waals surface area contributed by atoms with E-state index in [-0.39, 0.29) is 5.92 Å². The van der Waals surface area contributed by atoms with Crippen molar-refractivity contribution in [3.05, 3.63) is 59.0 Å². The third-order valence-corrected chi connectivity index (χ3v) is 6.54. The first kappa shape index (κ1) is 26.0. The molecule has 186 valence electrons. The van der Waals surface area contributed by atoms with E-state index >= 15 is 0 Å². The summed E-state index contributed by atoms with van der Waals surface area (Å²) in [5.74, 6) is -0.203. The van der Waals surface area contributed by atoms with E-state index in [1.807, 2.05) is 35.7 Å². The topological polar surface area (TPSA) is 101 Å². The number of aliphatic carboxylic acids is 1. The number of carbonyl (C=O) groups excluding carboxylic acids is 1. The van der Waals surface area contributed by atoms with E-state index in [9.17, 15) is 14.7 Å². The number of amides is 1. The molecule has 0 spiro atoms. The van der Waals surface area contributed by atoms with Crippen LogP contribution in [-0.2, 0) is 11.3 Å². The highest BCUT2D eigenvalue weighted by Crippen LogP contribution is 2.36. The summed E-state index contributed by atoms with van der Waals surface area (Å²) in [5.41, 5.74) is 3.11. The minimum Gasteiger partial charge on any atom is -0.497 e. The Labute approximate surface area is 209 Å². The van der Waals surface area contributed by atoms with Gasteiger partial charge in [-0.25, -0.2) is 9.78 Å². The summed E-state index contributed by atoms with van der Waals surface area (Å²) in [6.07, 6.45) is 0. The normalized spacial score (nSPS) is 11.7. The monoisotopic (exact) mass is 497 g/mol. The van der Waals surface area contributed by atoms with E-state index in [2.05, 4.69) is 17.1 Å². The Morgan fingerprint density at radius 1 is 1.11 bits per heavy atom. The van der Waals surface area contributed by atoms with Crippen LogP contribution >= 0.6 is 11.3 Å². The number of carboxylic acids is 1. The van der Waals surface area contributed by atoms with Gasteiger partial charge in [0.2, 0.25) is 0 Å². The van der Waals surface area contributed by atoms with Gasteiger partial charge in [0.05, 0.1) is 19.9 Å². The number of benzene rings is 2. The molecule has 2 aromatic carbocycles. The van der Waals surface area contributed by atoms with Gasteiger partial charge in [-0.15, -0.1) is 11.3 Å². The maximum atomic E-state index is 12.5. The van der Waals surface area contributed by atoms with Gasteiger partial charge in [-0.1, -0.05) is 26.0 Å². The molecule has 35 heavy (non-hydrogen) atoms. The van der Waals surface area contributed by atoms with Gasteiger partial charge in [0.1, 0.15) is 17.5 Å². The summed E-state index contributed by atoms with van der Waals surface area (Å²) >= 11 is 1.55. The molecule has 1 atom stereocenters. The summed E-state index contributed by atoms with van der Waals surface area (Å²) in [5, 5.41) is 14.8. The van der Waals surface area contributed by atoms with E-state index in [4.69, 9.17) is 14.5 Å². The van der Waals surface area contributed by atoms with Crippen molar-refractivity contribution < 1.29 is 24.2 Å². The second kappa shape index (κ2) is 11.7. The molecule has 0 aliphatic rings. The first-order valence-corrected chi connectivity index (χ1v) is 12.2. The fourth-order valence-corrected chi connectivity index (χ4v) is 4.47. The molecule has 0 saturated heterocycles. The van der Waals surface area contributed by atoms with Gasteiger partial charge < -0.3 is 24.8 Å². The lowest BCUT2D eigenvalue weighted by molar-refractivity contribution is -0.140. The predicted molar refractivity (Wildman–Crippen MR) is 138 cm³/mol. The van der Waals surface area contributed by atoms with Gasteiger partial charge in [0.25, 0.3) is 5.91 Å². The fraction of sp³-hybridized carbons (Fsp3) is 0.346. The molecular formula is C26H31N3O5S. The molecule has 3 aromatic rings. The van der Waals surface area contributed by atoms with E-state index in [0.29, 0.717) is 12.1 Å². The second-order valence-electron chi connectivity index (χ2n) is 8.33. The molecule has 0 aliphatic carbocycles. The first-order chi connectivity index (χ1) is 16.8. The number of nitrogens with one attached hydrogen (secondary N) is 1. The molecule has 0 aliphatic heterocycles. The Morgan fingerprint density at radius 3 is 2.40 bits per heavy atom. The van der Waals surface area contributed by atoms with Gasteiger partial charge in [-0.2, -0.15) is 0 Å². The van der Waals surface area contributed by atoms with Crippen LogP contribution in [0.3, 0.4) is 0 Å². The highest BCUT2D eigenvalue weighted by atomic mass is 32.1. The fourth-order valence-electron chi connectivity index (χ4n) is 3.58. The summed E-state index contributed by atoms with van der Waals surface area (Å²) in [6.45, 7) is 6.95. The van der Waals surface area contributed by atoms with E-state index in [0.717, 1.165) is 40.0 Å². The number of carbonyl (C=O) groups is 2. The summed E-state index contributed by atoms with van der Waals surface area (Å²) in [4.78, 5) is 30.9. The Kier molecular flexibility index (Phi) is 8.70. The maximum absolute atomic E-state index is 12.5. The highest BCUT2D eigenvalue weighted by molar-refractivity contribution is 7.14. The summed E-state index contributed by atoms with van der Waals surface area (Å²) in [6, 6.07) is 11.9. The van der Waals surface area contributed by atoms with Crippen molar-refractivity contribution in [3.63, 3.8) is 0 Å². The summed E-state index contributed by atoms with van der Waals surface area (Å²) in [7, 11) is 3.26. The third-order valence-electron chi connectivity index (χ3n) is 5.64. The van der Waals surface area contributed by atoms with E-state index in [1.54, 1.807) is 51.5 Å². The Hall–Kier alpha value is -3.59. The number of hydrogen-bond donors (Lipinski definition) is 2. The number of ether oxygens (including phenoxy) is 2. The number of hydrogen-bond acceptors (Lipinski definition) is 7. The zero-order valence-corrected chi connectivity index (χ0v) is 21.4. The molecule has 1 unspecified atom stereocenters. The molecule has 1 amide bonds. The molecule has 2 N–H and O–H groups in total. The van der Waals surface area contributed by atoms with Crippen LogP contribution in [0.4, 0.5) is 5.13 Å². The van der Waals surface area contributed by atoms with Crippen LogP contribution in [0.2, 0.25) is 0 Å². The SMILES string of the molecule is CCN(Cc1ccc(C(=O)NC(C(=O)O)C(C)C)cc1)c1nc(-c2cc(OC)ccc2OC)cs1. The average Bonchev–Trinajstić information content (AvgIpc) is 3.35. The largest absolute Gasteiger partial charge is 0.497 e. The standard InChI is InChI=1S/C26H31N3O5S/c1-6-29(26-27-21(15-35-26)20-13-19(33-4)11-12-22(20)34-5)14-17-7-9-18(10-8-17)24(30)28-23(16(2)3)25(31)32/h7-13,15-16,23H,6,14H2,1-5H3,(H,28,30)(H,31,32). The molecule has 3 rings (SSSR count). The van der Waals surface area contributed by atoms with E-state index < -0.39 is 17.9 Å². The lowest BCUT2D eigenvalue weighted by atomic mass is 10.0. The van der Waals surface area contributed by atoms with Gasteiger partial charge >= 0.3 is 5.97 Å². The van der Waals surface area contributed by atoms with Crippen LogP contribution in [0.5, 0.6) is 11.5 Å². The summed E-state index contributed by atoms with van der Waals surface area (Å²) < 4.78 is 10.9. The van der Waals surface area contributed by atoms with Crippen molar-refractivity contribution in [2.24, 2.45) is 5.92 Å². The molecule has 9 heteroatoms. The van der Waals surface area contributed by atoms with Crippen molar-refractivity contribution in [1.82, 2.24) is 10.3 Å². The predicted octanol–water partition coefficient (Wildman–Crippen LogP) is 4.69. The zero-order chi connectivity index (χ0) is 25.5. The van der Waals surface area contributed by atoms with Crippen molar-refractivity contribution >= 4 is 28.3 Å². The van der Waals surface area contributed by atoms with Crippen LogP contribution in [0.25, 0.3) is 11.3 Å². The second-order valence-corrected chi connectivity index (χ2v) is 9.16. The highest BCUT2D eigenvalue weighted by Gasteiger charge is 2.24. The molecule has 0 bridgehead atoms. The van der Waals surface area contributed by atoms with Gasteiger partial charge in [0.15, 0.2) is 5.13 Å². The minimum absolute atomic E-state index is 0.214. The third kappa shape index (κ3) is 6.30. The molecular weight excluding hydrogens is 466 g/mol. The van der Waals surface area contributed by atoms with Crippen LogP contribution < -0.4 is 19.7 Å². The van der Waals surface area contributed by atoms with E-state index in [1.165, 1.54) is 0 Å². The maximum Gasteiger partial charge on any atom is 0.326 e. The van der Waals surface area contributed by atoms with Crippen LogP contribution in [0.15, 0.2) is 47.8 Å². The Bertz CT molecular complexity index is 1160. The van der Waals surface area contributed by atoms with Crippen molar-refractivity contribution in [1.29, 1.82) is 0 Å². The zero-order valence-electron chi connectivity index (χ0n) is 20.6. The Balaban J connectivity index is 1.74. The molecule has 0 fully saturated rings. The lowest BCUT2D eigenvalue weighted by Crippen LogP contribution is -2.44. The number of anilines is 1. The van der Waals surface area contributed by atoms with Crippen molar-refractivity contribution in [3.8, 4) is 22.8 Å². The number of rotatable bonds is 11. The number of thiazole rings is 1. The first-order valence-electron chi connectivity index (χ1n) is 11.3. The number of methoxy groups -OCH3 is 2. The average molecular weight is 498 g/mol. The number of nitrogens with zero attached hydrogens (tertiary/aromatic N) is 2.